The summed E-state index contributed by atoms with van der Waals surface area (Å²) in [5, 5.41) is 13.6. The second kappa shape index (κ2) is 6.32. The van der Waals surface area contributed by atoms with Crippen LogP contribution in [-0.4, -0.2) is 42.4 Å². The Labute approximate surface area is 94.3 Å². The van der Waals surface area contributed by atoms with E-state index in [0.29, 0.717) is 0 Å². The summed E-state index contributed by atoms with van der Waals surface area (Å²) >= 11 is 0. The second-order valence-electron chi connectivity index (χ2n) is 3.88. The van der Waals surface area contributed by atoms with Crippen LogP contribution < -0.4 is 10.6 Å². The second-order valence-corrected chi connectivity index (χ2v) is 3.88. The van der Waals surface area contributed by atoms with Gasteiger partial charge in [0.05, 0.1) is 18.6 Å². The molecule has 0 radical (unpaired) electrons. The van der Waals surface area contributed by atoms with E-state index in [9.17, 15) is 9.59 Å². The van der Waals surface area contributed by atoms with Crippen LogP contribution in [0.1, 0.15) is 26.2 Å². The summed E-state index contributed by atoms with van der Waals surface area (Å²) in [7, 11) is 0. The normalized spacial score (nSPS) is 21.4. The number of hydrogen-bond acceptors (Lipinski definition) is 3. The number of carbonyl (C=O) groups excluding carboxylic acids is 1. The van der Waals surface area contributed by atoms with Gasteiger partial charge in [-0.2, -0.15) is 0 Å². The van der Waals surface area contributed by atoms with Gasteiger partial charge in [-0.3, -0.25) is 4.79 Å². The van der Waals surface area contributed by atoms with Gasteiger partial charge < -0.3 is 20.5 Å². The molecule has 3 N–H and O–H groups in total. The first-order valence-corrected chi connectivity index (χ1v) is 5.47. The average Bonchev–Trinajstić information content (AvgIpc) is 2.69. The fraction of sp³-hybridized carbons (Fsp3) is 0.800. The summed E-state index contributed by atoms with van der Waals surface area (Å²) in [5.41, 5.74) is 0. The van der Waals surface area contributed by atoms with Crippen molar-refractivity contribution in [3.05, 3.63) is 0 Å². The Morgan fingerprint density at radius 3 is 2.88 bits per heavy atom. The maximum absolute atomic E-state index is 11.3. The van der Waals surface area contributed by atoms with E-state index in [2.05, 4.69) is 10.6 Å². The van der Waals surface area contributed by atoms with E-state index >= 15 is 0 Å². The zero-order valence-corrected chi connectivity index (χ0v) is 9.36. The van der Waals surface area contributed by atoms with Crippen molar-refractivity contribution >= 4 is 12.0 Å². The lowest BCUT2D eigenvalue weighted by molar-refractivity contribution is -0.136. The van der Waals surface area contributed by atoms with E-state index in [1.165, 1.54) is 0 Å². The van der Waals surface area contributed by atoms with Crippen LogP contribution in [0.2, 0.25) is 0 Å². The third-order valence-corrected chi connectivity index (χ3v) is 2.51. The average molecular weight is 230 g/mol. The van der Waals surface area contributed by atoms with Crippen molar-refractivity contribution in [1.82, 2.24) is 10.6 Å². The molecule has 1 fully saturated rings. The van der Waals surface area contributed by atoms with Gasteiger partial charge in [0.1, 0.15) is 0 Å². The van der Waals surface area contributed by atoms with E-state index in [4.69, 9.17) is 9.84 Å². The Hall–Kier alpha value is -1.30. The topological polar surface area (TPSA) is 87.7 Å². The van der Waals surface area contributed by atoms with Crippen molar-refractivity contribution in [2.45, 2.75) is 38.3 Å². The highest BCUT2D eigenvalue weighted by atomic mass is 16.5. The minimum atomic E-state index is -0.924. The Balaban J connectivity index is 2.15. The minimum Gasteiger partial charge on any atom is -0.481 e. The van der Waals surface area contributed by atoms with Crippen LogP contribution in [0.5, 0.6) is 0 Å². The third kappa shape index (κ3) is 4.48. The quantitative estimate of drug-likeness (QED) is 0.635. The van der Waals surface area contributed by atoms with Crippen LogP contribution in [0.15, 0.2) is 0 Å². The number of carboxylic acid groups (broad SMARTS) is 1. The molecule has 92 valence electrons. The molecule has 0 saturated carbocycles. The SMILES string of the molecule is CC(NC(=O)NCCC(=O)O)C1CCCO1. The number of amides is 2. The van der Waals surface area contributed by atoms with Crippen LogP contribution in [0, 0.1) is 0 Å². The van der Waals surface area contributed by atoms with Gasteiger partial charge in [-0.15, -0.1) is 0 Å². The molecule has 0 bridgehead atoms. The molecule has 1 aliphatic rings. The zero-order chi connectivity index (χ0) is 12.0. The zero-order valence-electron chi connectivity index (χ0n) is 9.36. The summed E-state index contributed by atoms with van der Waals surface area (Å²) in [6.07, 6.45) is 1.99. The lowest BCUT2D eigenvalue weighted by atomic mass is 10.1. The molecule has 2 atom stereocenters. The number of ether oxygens (including phenoxy) is 1. The molecule has 1 heterocycles. The molecule has 6 nitrogen and oxygen atoms in total. The Morgan fingerprint density at radius 2 is 2.31 bits per heavy atom. The van der Waals surface area contributed by atoms with Crippen molar-refractivity contribution in [2.75, 3.05) is 13.2 Å². The molecule has 0 aromatic rings. The molecule has 0 spiro atoms. The monoisotopic (exact) mass is 230 g/mol. The van der Waals surface area contributed by atoms with E-state index in [1.54, 1.807) is 0 Å². The molecule has 1 rings (SSSR count). The van der Waals surface area contributed by atoms with Crippen molar-refractivity contribution in [1.29, 1.82) is 0 Å². The van der Waals surface area contributed by atoms with E-state index < -0.39 is 5.97 Å². The first-order valence-electron chi connectivity index (χ1n) is 5.47. The standard InChI is InChI=1S/C10H18N2O4/c1-7(8-3-2-6-16-8)12-10(15)11-5-4-9(13)14/h7-8H,2-6H2,1H3,(H,13,14)(H2,11,12,15). The molecule has 2 unspecified atom stereocenters. The van der Waals surface area contributed by atoms with Gasteiger partial charge in [0.15, 0.2) is 0 Å². The van der Waals surface area contributed by atoms with E-state index in [1.807, 2.05) is 6.92 Å². The maximum atomic E-state index is 11.3. The number of aliphatic carboxylic acids is 1. The number of rotatable bonds is 5. The summed E-state index contributed by atoms with van der Waals surface area (Å²) in [6.45, 7) is 2.77. The number of carbonyl (C=O) groups is 2. The van der Waals surface area contributed by atoms with Crippen LogP contribution in [0.4, 0.5) is 4.79 Å². The number of nitrogens with one attached hydrogen (secondary N) is 2. The predicted octanol–water partition coefficient (Wildman–Crippen LogP) is 0.328. The van der Waals surface area contributed by atoms with Crippen LogP contribution >= 0.6 is 0 Å². The highest BCUT2D eigenvalue weighted by molar-refractivity contribution is 5.75. The fourth-order valence-electron chi connectivity index (χ4n) is 1.63. The predicted molar refractivity (Wildman–Crippen MR) is 57.2 cm³/mol. The van der Waals surface area contributed by atoms with Gasteiger partial charge in [0, 0.05) is 13.2 Å². The third-order valence-electron chi connectivity index (χ3n) is 2.51. The molecule has 0 aromatic heterocycles. The number of urea groups is 1. The lowest BCUT2D eigenvalue weighted by Crippen LogP contribution is -2.46. The van der Waals surface area contributed by atoms with Gasteiger partial charge in [-0.05, 0) is 19.8 Å². The molecule has 1 saturated heterocycles. The van der Waals surface area contributed by atoms with Crippen LogP contribution in [0.3, 0.4) is 0 Å². The molecule has 2 amide bonds. The smallest absolute Gasteiger partial charge is 0.315 e. The molecule has 0 aliphatic carbocycles. The highest BCUT2D eigenvalue weighted by Gasteiger charge is 2.23. The van der Waals surface area contributed by atoms with Crippen molar-refractivity contribution < 1.29 is 19.4 Å². The first kappa shape index (κ1) is 12.8. The summed E-state index contributed by atoms with van der Waals surface area (Å²) in [5.74, 6) is -0.924. The Kier molecular flexibility index (Phi) is 5.04. The summed E-state index contributed by atoms with van der Waals surface area (Å²) in [4.78, 5) is 21.5. The molecule has 1 aliphatic heterocycles. The Bertz CT molecular complexity index is 251. The highest BCUT2D eigenvalue weighted by Crippen LogP contribution is 2.15. The molecular weight excluding hydrogens is 212 g/mol. The summed E-state index contributed by atoms with van der Waals surface area (Å²) in [6, 6.07) is -0.392. The Morgan fingerprint density at radius 1 is 1.56 bits per heavy atom. The summed E-state index contributed by atoms with van der Waals surface area (Å²) < 4.78 is 5.42. The van der Waals surface area contributed by atoms with Crippen LogP contribution in [0.25, 0.3) is 0 Å². The van der Waals surface area contributed by atoms with Crippen molar-refractivity contribution in [3.63, 3.8) is 0 Å². The first-order chi connectivity index (χ1) is 7.59. The largest absolute Gasteiger partial charge is 0.481 e. The van der Waals surface area contributed by atoms with Crippen molar-refractivity contribution in [2.24, 2.45) is 0 Å². The minimum absolute atomic E-state index is 0.0488. The van der Waals surface area contributed by atoms with Crippen molar-refractivity contribution in [3.8, 4) is 0 Å². The van der Waals surface area contributed by atoms with E-state index in [0.717, 1.165) is 19.4 Å². The number of hydrogen-bond donors (Lipinski definition) is 3. The van der Waals surface area contributed by atoms with Gasteiger partial charge in [0.2, 0.25) is 0 Å². The number of carboxylic acids is 1. The van der Waals surface area contributed by atoms with Gasteiger partial charge in [-0.25, -0.2) is 4.79 Å². The van der Waals surface area contributed by atoms with Crippen LogP contribution in [-0.2, 0) is 9.53 Å². The lowest BCUT2D eigenvalue weighted by Gasteiger charge is -2.20. The van der Waals surface area contributed by atoms with E-state index in [-0.39, 0.29) is 31.1 Å². The van der Waals surface area contributed by atoms with Gasteiger partial charge in [0.25, 0.3) is 0 Å². The molecule has 16 heavy (non-hydrogen) atoms. The fourth-order valence-corrected chi connectivity index (χ4v) is 1.63. The van der Waals surface area contributed by atoms with Gasteiger partial charge in [-0.1, -0.05) is 0 Å². The molecule has 6 heteroatoms. The molecular formula is C10H18N2O4. The van der Waals surface area contributed by atoms with Gasteiger partial charge >= 0.3 is 12.0 Å². The maximum Gasteiger partial charge on any atom is 0.315 e. The molecule has 0 aromatic carbocycles.